The highest BCUT2D eigenvalue weighted by Gasteiger charge is 2.22. The zero-order valence-electron chi connectivity index (χ0n) is 14.0. The minimum absolute atomic E-state index is 0.0809. The van der Waals surface area contributed by atoms with Crippen molar-refractivity contribution in [3.8, 4) is 0 Å². The Hall–Kier alpha value is -3.19. The Labute approximate surface area is 153 Å². The predicted molar refractivity (Wildman–Crippen MR) is 104 cm³/mol. The summed E-state index contributed by atoms with van der Waals surface area (Å²) >= 11 is 1.52. The Morgan fingerprint density at radius 3 is 2.65 bits per heavy atom. The van der Waals surface area contributed by atoms with Gasteiger partial charge < -0.3 is 10.3 Å². The number of non-ortho nitro benzene ring substituents is 1. The van der Waals surface area contributed by atoms with Gasteiger partial charge in [0.05, 0.1) is 11.0 Å². The molecular formula is C19H16N4O2S. The number of hydrogen-bond acceptors (Lipinski definition) is 5. The molecule has 2 heterocycles. The number of fused-ring (bicyclic) bond motifs is 1. The Balaban J connectivity index is 1.85. The lowest BCUT2D eigenvalue weighted by atomic mass is 9.96. The molecule has 4 aromatic rings. The summed E-state index contributed by atoms with van der Waals surface area (Å²) in [4.78, 5) is 18.3. The monoisotopic (exact) mass is 364 g/mol. The second kappa shape index (κ2) is 6.61. The average molecular weight is 364 g/mol. The number of benzene rings is 2. The molecule has 130 valence electrons. The van der Waals surface area contributed by atoms with Crippen molar-refractivity contribution in [2.75, 3.05) is 5.32 Å². The van der Waals surface area contributed by atoms with E-state index in [1.54, 1.807) is 18.3 Å². The van der Waals surface area contributed by atoms with Crippen molar-refractivity contribution >= 4 is 33.1 Å². The molecule has 2 aromatic carbocycles. The van der Waals surface area contributed by atoms with Crippen molar-refractivity contribution in [3.05, 3.63) is 87.0 Å². The summed E-state index contributed by atoms with van der Waals surface area (Å²) in [5.74, 6) is 0. The van der Waals surface area contributed by atoms with Crippen molar-refractivity contribution in [2.24, 2.45) is 0 Å². The van der Waals surface area contributed by atoms with E-state index in [0.29, 0.717) is 0 Å². The number of H-pyrrole nitrogens is 1. The molecule has 4 rings (SSSR count). The summed E-state index contributed by atoms with van der Waals surface area (Å²) in [5.41, 5.74) is 4.26. The number of aromatic nitrogens is 2. The molecule has 1 atom stereocenters. The highest BCUT2D eigenvalue weighted by Crippen LogP contribution is 2.35. The maximum atomic E-state index is 11.0. The van der Waals surface area contributed by atoms with Crippen LogP contribution >= 0.6 is 11.3 Å². The van der Waals surface area contributed by atoms with Gasteiger partial charge in [-0.25, -0.2) is 4.98 Å². The number of nitro benzene ring substituents is 1. The lowest BCUT2D eigenvalue weighted by molar-refractivity contribution is -0.384. The lowest BCUT2D eigenvalue weighted by Gasteiger charge is -2.20. The summed E-state index contributed by atoms with van der Waals surface area (Å²) in [6.07, 6.45) is 1.75. The molecule has 6 nitrogen and oxygen atoms in total. The minimum atomic E-state index is -0.385. The predicted octanol–water partition coefficient (Wildman–Crippen LogP) is 5.04. The molecule has 0 spiro atoms. The normalized spacial score (nSPS) is 12.2. The standard InChI is InChI=1S/C19H16N4O2S/c1-12-17(15-4-2-3-5-16(15)21-12)18(22-19-20-10-11-26-19)13-6-8-14(9-7-13)23(24)25/h2-11,18,21H,1H3,(H,20,22)/t18-/m0/s1. The number of hydrogen-bond donors (Lipinski definition) is 2. The van der Waals surface area contributed by atoms with E-state index >= 15 is 0 Å². The van der Waals surface area contributed by atoms with E-state index in [9.17, 15) is 10.1 Å². The highest BCUT2D eigenvalue weighted by molar-refractivity contribution is 7.13. The van der Waals surface area contributed by atoms with E-state index in [1.165, 1.54) is 23.5 Å². The van der Waals surface area contributed by atoms with E-state index in [0.717, 1.165) is 32.9 Å². The summed E-state index contributed by atoms with van der Waals surface area (Å²) in [6.45, 7) is 2.04. The van der Waals surface area contributed by atoms with Crippen LogP contribution in [0.4, 0.5) is 10.8 Å². The number of aromatic amines is 1. The van der Waals surface area contributed by atoms with Crippen LogP contribution in [0.2, 0.25) is 0 Å². The Morgan fingerprint density at radius 2 is 1.96 bits per heavy atom. The fourth-order valence-electron chi connectivity index (χ4n) is 3.20. The van der Waals surface area contributed by atoms with Gasteiger partial charge in [-0.05, 0) is 30.7 Å². The SMILES string of the molecule is Cc1[nH]c2ccccc2c1[C@@H](Nc1nccs1)c1ccc([N+](=O)[O-])cc1. The van der Waals surface area contributed by atoms with Crippen molar-refractivity contribution in [3.63, 3.8) is 0 Å². The molecular weight excluding hydrogens is 348 g/mol. The van der Waals surface area contributed by atoms with E-state index in [1.807, 2.05) is 30.5 Å². The number of nitrogens with one attached hydrogen (secondary N) is 2. The molecule has 7 heteroatoms. The van der Waals surface area contributed by atoms with Gasteiger partial charge >= 0.3 is 0 Å². The largest absolute Gasteiger partial charge is 0.358 e. The summed E-state index contributed by atoms with van der Waals surface area (Å²) < 4.78 is 0. The van der Waals surface area contributed by atoms with Gasteiger partial charge in [-0.2, -0.15) is 0 Å². The molecule has 0 aliphatic heterocycles. The van der Waals surface area contributed by atoms with Gasteiger partial charge in [0.25, 0.3) is 5.69 Å². The first-order valence-corrected chi connectivity index (χ1v) is 8.99. The van der Waals surface area contributed by atoms with Crippen LogP contribution < -0.4 is 5.32 Å². The summed E-state index contributed by atoms with van der Waals surface area (Å²) in [7, 11) is 0. The fraction of sp³-hybridized carbons (Fsp3) is 0.105. The Morgan fingerprint density at radius 1 is 1.19 bits per heavy atom. The van der Waals surface area contributed by atoms with Crippen molar-refractivity contribution in [1.29, 1.82) is 0 Å². The molecule has 0 unspecified atom stereocenters. The van der Waals surface area contributed by atoms with Crippen molar-refractivity contribution in [2.45, 2.75) is 13.0 Å². The van der Waals surface area contributed by atoms with E-state index in [2.05, 4.69) is 21.4 Å². The number of thiazole rings is 1. The maximum absolute atomic E-state index is 11.0. The van der Waals surface area contributed by atoms with Gasteiger partial charge in [0.15, 0.2) is 5.13 Å². The van der Waals surface area contributed by atoms with Gasteiger partial charge in [-0.3, -0.25) is 10.1 Å². The van der Waals surface area contributed by atoms with Crippen LogP contribution in [-0.2, 0) is 0 Å². The van der Waals surface area contributed by atoms with Crippen LogP contribution in [0.15, 0.2) is 60.1 Å². The number of anilines is 1. The van der Waals surface area contributed by atoms with E-state index < -0.39 is 0 Å². The molecule has 2 aromatic heterocycles. The van der Waals surface area contributed by atoms with Gasteiger partial charge in [0.1, 0.15) is 0 Å². The maximum Gasteiger partial charge on any atom is 0.269 e. The molecule has 0 aliphatic carbocycles. The van der Waals surface area contributed by atoms with Crippen LogP contribution in [-0.4, -0.2) is 14.9 Å². The number of nitrogens with zero attached hydrogens (tertiary/aromatic N) is 2. The quantitative estimate of drug-likeness (QED) is 0.384. The molecule has 0 fully saturated rings. The van der Waals surface area contributed by atoms with Crippen LogP contribution in [0.1, 0.15) is 22.9 Å². The van der Waals surface area contributed by atoms with Crippen LogP contribution in [0, 0.1) is 17.0 Å². The molecule has 0 saturated carbocycles. The van der Waals surface area contributed by atoms with E-state index in [-0.39, 0.29) is 16.7 Å². The highest BCUT2D eigenvalue weighted by atomic mass is 32.1. The fourth-order valence-corrected chi connectivity index (χ4v) is 3.76. The van der Waals surface area contributed by atoms with Crippen LogP contribution in [0.5, 0.6) is 0 Å². The van der Waals surface area contributed by atoms with Crippen molar-refractivity contribution < 1.29 is 4.92 Å². The first kappa shape index (κ1) is 16.3. The number of nitro groups is 1. The topological polar surface area (TPSA) is 83.8 Å². The zero-order valence-corrected chi connectivity index (χ0v) is 14.8. The smallest absolute Gasteiger partial charge is 0.269 e. The van der Waals surface area contributed by atoms with Crippen LogP contribution in [0.25, 0.3) is 10.9 Å². The second-order valence-electron chi connectivity index (χ2n) is 5.97. The molecule has 0 radical (unpaired) electrons. The number of aryl methyl sites for hydroxylation is 1. The van der Waals surface area contributed by atoms with Gasteiger partial charge in [-0.1, -0.05) is 18.2 Å². The first-order valence-electron chi connectivity index (χ1n) is 8.11. The Bertz CT molecular complexity index is 1060. The average Bonchev–Trinajstić information content (AvgIpc) is 3.26. The molecule has 26 heavy (non-hydrogen) atoms. The Kier molecular flexibility index (Phi) is 4.14. The van der Waals surface area contributed by atoms with Crippen LogP contribution in [0.3, 0.4) is 0 Å². The van der Waals surface area contributed by atoms with E-state index in [4.69, 9.17) is 0 Å². The molecule has 2 N–H and O–H groups in total. The van der Waals surface area contributed by atoms with Gasteiger partial charge in [0.2, 0.25) is 0 Å². The molecule has 0 saturated heterocycles. The second-order valence-corrected chi connectivity index (χ2v) is 6.87. The molecule has 0 amide bonds. The lowest BCUT2D eigenvalue weighted by Crippen LogP contribution is -2.13. The van der Waals surface area contributed by atoms with Gasteiger partial charge in [-0.15, -0.1) is 11.3 Å². The third-order valence-corrected chi connectivity index (χ3v) is 5.07. The number of para-hydroxylation sites is 1. The summed E-state index contributed by atoms with van der Waals surface area (Å²) in [6, 6.07) is 14.6. The minimum Gasteiger partial charge on any atom is -0.358 e. The molecule has 0 bridgehead atoms. The summed E-state index contributed by atoms with van der Waals surface area (Å²) in [5, 5.41) is 18.3. The third-order valence-electron chi connectivity index (χ3n) is 4.37. The van der Waals surface area contributed by atoms with Crippen molar-refractivity contribution in [1.82, 2.24) is 9.97 Å². The third kappa shape index (κ3) is 2.93. The number of rotatable bonds is 5. The first-order chi connectivity index (χ1) is 12.6. The molecule has 0 aliphatic rings. The zero-order chi connectivity index (χ0) is 18.1. The van der Waals surface area contributed by atoms with Gasteiger partial charge in [0, 0.05) is 45.9 Å².